The lowest BCUT2D eigenvalue weighted by Gasteiger charge is -1.99. The van der Waals surface area contributed by atoms with Crippen LogP contribution in [0.3, 0.4) is 0 Å². The SMILES string of the molecule is CC/C=C/CCc1ccc(C=NN=Cc2ccc(CC)cc2)cc1. The lowest BCUT2D eigenvalue weighted by Crippen LogP contribution is -1.86. The van der Waals surface area contributed by atoms with Crippen molar-refractivity contribution in [1.29, 1.82) is 0 Å². The van der Waals surface area contributed by atoms with E-state index in [-0.39, 0.29) is 0 Å². The molecule has 0 aromatic heterocycles. The highest BCUT2D eigenvalue weighted by Gasteiger charge is 1.92. The van der Waals surface area contributed by atoms with Gasteiger partial charge in [-0.2, -0.15) is 10.2 Å². The van der Waals surface area contributed by atoms with Crippen molar-refractivity contribution in [3.05, 3.63) is 82.9 Å². The molecule has 0 saturated heterocycles. The van der Waals surface area contributed by atoms with Crippen molar-refractivity contribution in [2.45, 2.75) is 39.5 Å². The second kappa shape index (κ2) is 10.3. The van der Waals surface area contributed by atoms with Crippen LogP contribution in [0.15, 0.2) is 70.9 Å². The zero-order valence-electron chi connectivity index (χ0n) is 14.7. The molecule has 2 aromatic rings. The normalized spacial score (nSPS) is 11.9. The highest BCUT2D eigenvalue weighted by molar-refractivity contribution is 5.82. The van der Waals surface area contributed by atoms with Crippen molar-refractivity contribution in [3.63, 3.8) is 0 Å². The largest absolute Gasteiger partial charge is 0.159 e. The third kappa shape index (κ3) is 6.33. The molecule has 24 heavy (non-hydrogen) atoms. The third-order valence-electron chi connectivity index (χ3n) is 3.85. The van der Waals surface area contributed by atoms with Crippen LogP contribution in [0.4, 0.5) is 0 Å². The van der Waals surface area contributed by atoms with Crippen LogP contribution in [-0.2, 0) is 12.8 Å². The van der Waals surface area contributed by atoms with Gasteiger partial charge < -0.3 is 0 Å². The molecule has 0 spiro atoms. The average molecular weight is 318 g/mol. The molecule has 0 fully saturated rings. The lowest BCUT2D eigenvalue weighted by molar-refractivity contribution is 0.992. The molecule has 0 radical (unpaired) electrons. The van der Waals surface area contributed by atoms with Crippen LogP contribution < -0.4 is 0 Å². The van der Waals surface area contributed by atoms with Crippen LogP contribution in [0, 0.1) is 0 Å². The molecule has 0 unspecified atom stereocenters. The minimum absolute atomic E-state index is 1.06. The van der Waals surface area contributed by atoms with Crippen LogP contribution in [0.25, 0.3) is 0 Å². The predicted octanol–water partition coefficient (Wildman–Crippen LogP) is 5.60. The fraction of sp³-hybridized carbons (Fsp3) is 0.273. The summed E-state index contributed by atoms with van der Waals surface area (Å²) in [5.41, 5.74) is 4.83. The smallest absolute Gasteiger partial charge is 0.0568 e. The van der Waals surface area contributed by atoms with E-state index in [0.717, 1.165) is 36.8 Å². The molecular weight excluding hydrogens is 292 g/mol. The number of allylic oxidation sites excluding steroid dienone is 2. The second-order valence-corrected chi connectivity index (χ2v) is 5.74. The molecule has 0 aliphatic carbocycles. The van der Waals surface area contributed by atoms with Crippen LogP contribution in [0.1, 0.15) is 48.9 Å². The zero-order chi connectivity index (χ0) is 17.0. The molecule has 2 heteroatoms. The van der Waals surface area contributed by atoms with Gasteiger partial charge in [0.05, 0.1) is 12.4 Å². The van der Waals surface area contributed by atoms with Gasteiger partial charge in [-0.15, -0.1) is 0 Å². The quantitative estimate of drug-likeness (QED) is 0.344. The zero-order valence-corrected chi connectivity index (χ0v) is 14.7. The van der Waals surface area contributed by atoms with E-state index in [9.17, 15) is 0 Å². The molecule has 0 bridgehead atoms. The molecule has 0 heterocycles. The summed E-state index contributed by atoms with van der Waals surface area (Å²) >= 11 is 0. The number of hydrogen-bond acceptors (Lipinski definition) is 2. The standard InChI is InChI=1S/C22H26N2/c1-3-5-6-7-8-20-11-15-22(16-12-20)18-24-23-17-21-13-9-19(4-2)10-14-21/h5-6,9-18H,3-4,7-8H2,1-2H3/b6-5+,23-17?,24-18?. The number of aryl methyl sites for hydroxylation is 2. The maximum absolute atomic E-state index is 4.13. The summed E-state index contributed by atoms with van der Waals surface area (Å²) in [6.07, 6.45) is 12.4. The van der Waals surface area contributed by atoms with Gasteiger partial charge in [0.1, 0.15) is 0 Å². The van der Waals surface area contributed by atoms with E-state index in [1.807, 2.05) is 0 Å². The van der Waals surface area contributed by atoms with Crippen LogP contribution >= 0.6 is 0 Å². The highest BCUT2D eigenvalue weighted by atomic mass is 15.2. The van der Waals surface area contributed by atoms with E-state index in [0.29, 0.717) is 0 Å². The van der Waals surface area contributed by atoms with Crippen LogP contribution in [-0.4, -0.2) is 12.4 Å². The Kier molecular flexibility index (Phi) is 7.69. The summed E-state index contributed by atoms with van der Waals surface area (Å²) in [6, 6.07) is 16.9. The molecule has 0 saturated carbocycles. The molecule has 0 N–H and O–H groups in total. The fourth-order valence-corrected chi connectivity index (χ4v) is 2.34. The fourth-order valence-electron chi connectivity index (χ4n) is 2.34. The summed E-state index contributed by atoms with van der Waals surface area (Å²) < 4.78 is 0. The lowest BCUT2D eigenvalue weighted by atomic mass is 10.1. The Hall–Kier alpha value is -2.48. The first-order valence-electron chi connectivity index (χ1n) is 8.71. The van der Waals surface area contributed by atoms with Gasteiger partial charge in [0, 0.05) is 0 Å². The van der Waals surface area contributed by atoms with Crippen LogP contribution in [0.2, 0.25) is 0 Å². The van der Waals surface area contributed by atoms with Crippen molar-refractivity contribution in [2.24, 2.45) is 10.2 Å². The predicted molar refractivity (Wildman–Crippen MR) is 105 cm³/mol. The van der Waals surface area contributed by atoms with E-state index in [4.69, 9.17) is 0 Å². The Morgan fingerprint density at radius 3 is 1.75 bits per heavy atom. The summed E-state index contributed by atoms with van der Waals surface area (Å²) in [7, 11) is 0. The molecule has 2 rings (SSSR count). The minimum atomic E-state index is 1.06. The first-order chi connectivity index (χ1) is 11.8. The second-order valence-electron chi connectivity index (χ2n) is 5.74. The number of rotatable bonds is 8. The number of nitrogens with zero attached hydrogens (tertiary/aromatic N) is 2. The Morgan fingerprint density at radius 1 is 0.708 bits per heavy atom. The third-order valence-corrected chi connectivity index (χ3v) is 3.85. The van der Waals surface area contributed by atoms with Gasteiger partial charge >= 0.3 is 0 Å². The molecule has 2 aromatic carbocycles. The van der Waals surface area contributed by atoms with E-state index in [1.54, 1.807) is 12.4 Å². The topological polar surface area (TPSA) is 24.7 Å². The summed E-state index contributed by atoms with van der Waals surface area (Å²) in [5.74, 6) is 0. The van der Waals surface area contributed by atoms with Crippen LogP contribution in [0.5, 0.6) is 0 Å². The summed E-state index contributed by atoms with van der Waals surface area (Å²) in [5, 5.41) is 8.25. The molecular formula is C22H26N2. The Balaban J connectivity index is 1.84. The van der Waals surface area contributed by atoms with Gasteiger partial charge in [0.15, 0.2) is 0 Å². The Labute approximate surface area is 145 Å². The van der Waals surface area contributed by atoms with E-state index >= 15 is 0 Å². The van der Waals surface area contributed by atoms with Crippen molar-refractivity contribution in [1.82, 2.24) is 0 Å². The van der Waals surface area contributed by atoms with E-state index in [2.05, 4.69) is 84.7 Å². The summed E-state index contributed by atoms with van der Waals surface area (Å²) in [4.78, 5) is 0. The van der Waals surface area contributed by atoms with Crippen molar-refractivity contribution >= 4 is 12.4 Å². The Morgan fingerprint density at radius 2 is 1.25 bits per heavy atom. The first kappa shape index (κ1) is 17.9. The molecule has 124 valence electrons. The Bertz CT molecular complexity index is 677. The van der Waals surface area contributed by atoms with Crippen molar-refractivity contribution < 1.29 is 0 Å². The van der Waals surface area contributed by atoms with E-state index in [1.165, 1.54) is 11.1 Å². The summed E-state index contributed by atoms with van der Waals surface area (Å²) in [6.45, 7) is 4.31. The highest BCUT2D eigenvalue weighted by Crippen LogP contribution is 2.06. The maximum atomic E-state index is 4.13. The van der Waals surface area contributed by atoms with Gasteiger partial charge in [-0.1, -0.05) is 74.5 Å². The molecule has 0 aliphatic rings. The number of hydrogen-bond donors (Lipinski definition) is 0. The average Bonchev–Trinajstić information content (AvgIpc) is 2.64. The van der Waals surface area contributed by atoms with E-state index < -0.39 is 0 Å². The molecule has 0 atom stereocenters. The maximum Gasteiger partial charge on any atom is 0.0568 e. The van der Waals surface area contributed by atoms with Gasteiger partial charge in [0.25, 0.3) is 0 Å². The molecule has 0 amide bonds. The van der Waals surface area contributed by atoms with Crippen molar-refractivity contribution in [3.8, 4) is 0 Å². The van der Waals surface area contributed by atoms with Gasteiger partial charge in [-0.3, -0.25) is 0 Å². The first-order valence-corrected chi connectivity index (χ1v) is 8.71. The minimum Gasteiger partial charge on any atom is -0.159 e. The number of benzene rings is 2. The van der Waals surface area contributed by atoms with Gasteiger partial charge in [-0.25, -0.2) is 0 Å². The van der Waals surface area contributed by atoms with Gasteiger partial charge in [-0.05, 0) is 47.9 Å². The molecule has 0 aliphatic heterocycles. The monoisotopic (exact) mass is 318 g/mol. The molecule has 2 nitrogen and oxygen atoms in total. The van der Waals surface area contributed by atoms with Crippen molar-refractivity contribution in [2.75, 3.05) is 0 Å². The van der Waals surface area contributed by atoms with Gasteiger partial charge in [0.2, 0.25) is 0 Å².